The molecule has 2 aromatic heterocycles. The average molecular weight is 204 g/mol. The molecule has 0 saturated heterocycles. The van der Waals surface area contributed by atoms with Crippen LogP contribution in [0.2, 0.25) is 0 Å². The molecule has 0 bridgehead atoms. The predicted molar refractivity (Wildman–Crippen MR) is 36.9 cm³/mol. The lowest BCUT2D eigenvalue weighted by Gasteiger charge is -1.95. The molecule has 1 N–H and O–H groups in total. The Morgan fingerprint density at radius 2 is 2.14 bits per heavy atom. The number of rotatable bonds is 1. The maximum atomic E-state index is 12.0. The van der Waals surface area contributed by atoms with E-state index in [0.717, 1.165) is 0 Å². The van der Waals surface area contributed by atoms with Crippen LogP contribution in [0.15, 0.2) is 16.9 Å². The van der Waals surface area contributed by atoms with E-state index in [-0.39, 0.29) is 5.82 Å². The van der Waals surface area contributed by atoms with E-state index >= 15 is 0 Å². The summed E-state index contributed by atoms with van der Waals surface area (Å²) in [5.74, 6) is -1.51. The fourth-order valence-electron chi connectivity index (χ4n) is 0.829. The van der Waals surface area contributed by atoms with Gasteiger partial charge in [-0.15, -0.1) is 0 Å². The van der Waals surface area contributed by atoms with Crippen LogP contribution >= 0.6 is 0 Å². The van der Waals surface area contributed by atoms with E-state index in [2.05, 4.69) is 24.9 Å². The first kappa shape index (κ1) is 8.73. The van der Waals surface area contributed by atoms with Gasteiger partial charge >= 0.3 is 12.1 Å². The number of nitrogens with one attached hydrogen (secondary N) is 1. The Balaban J connectivity index is 2.36. The van der Waals surface area contributed by atoms with Crippen molar-refractivity contribution in [1.29, 1.82) is 0 Å². The zero-order valence-electron chi connectivity index (χ0n) is 6.54. The van der Waals surface area contributed by atoms with Crippen LogP contribution in [0.25, 0.3) is 11.4 Å². The third-order valence-corrected chi connectivity index (χ3v) is 1.42. The summed E-state index contributed by atoms with van der Waals surface area (Å²) in [5, 5.41) is 9.12. The van der Waals surface area contributed by atoms with Crippen molar-refractivity contribution in [2.24, 2.45) is 0 Å². The number of hydrogen-bond donors (Lipinski definition) is 1. The van der Waals surface area contributed by atoms with Crippen molar-refractivity contribution in [3.05, 3.63) is 18.3 Å². The summed E-state index contributed by atoms with van der Waals surface area (Å²) in [6, 6.07) is 0. The minimum absolute atomic E-state index is 0.147. The molecule has 2 heterocycles. The van der Waals surface area contributed by atoms with E-state index in [1.807, 2.05) is 0 Å². The van der Waals surface area contributed by atoms with Gasteiger partial charge in [0.1, 0.15) is 0 Å². The molecule has 2 rings (SSSR count). The zero-order valence-corrected chi connectivity index (χ0v) is 6.54. The summed E-state index contributed by atoms with van der Waals surface area (Å²) in [6.07, 6.45) is -1.95. The van der Waals surface area contributed by atoms with Crippen LogP contribution in [0.1, 0.15) is 5.89 Å². The fraction of sp³-hybridized carbons (Fsp3) is 0.167. The van der Waals surface area contributed by atoms with Gasteiger partial charge in [0.2, 0.25) is 5.82 Å². The normalized spacial score (nSPS) is 11.9. The fourth-order valence-corrected chi connectivity index (χ4v) is 0.829. The van der Waals surface area contributed by atoms with Crippen LogP contribution in [0.3, 0.4) is 0 Å². The molecular formula is C6H3F3N4O. The third kappa shape index (κ3) is 1.45. The summed E-state index contributed by atoms with van der Waals surface area (Å²) in [7, 11) is 0. The molecule has 0 spiro atoms. The second-order valence-electron chi connectivity index (χ2n) is 2.41. The van der Waals surface area contributed by atoms with Crippen molar-refractivity contribution in [3.8, 4) is 11.4 Å². The lowest BCUT2D eigenvalue weighted by atomic mass is 10.3. The van der Waals surface area contributed by atoms with E-state index in [1.165, 1.54) is 12.4 Å². The van der Waals surface area contributed by atoms with E-state index in [4.69, 9.17) is 0 Å². The second-order valence-corrected chi connectivity index (χ2v) is 2.41. The van der Waals surface area contributed by atoms with Gasteiger partial charge in [-0.25, -0.2) is 0 Å². The molecule has 0 aliphatic carbocycles. The Morgan fingerprint density at radius 3 is 2.64 bits per heavy atom. The van der Waals surface area contributed by atoms with Crippen molar-refractivity contribution >= 4 is 0 Å². The highest BCUT2D eigenvalue weighted by molar-refractivity contribution is 5.50. The zero-order chi connectivity index (χ0) is 10.2. The lowest BCUT2D eigenvalue weighted by molar-refractivity contribution is -0.159. The van der Waals surface area contributed by atoms with Crippen LogP contribution in [-0.2, 0) is 6.18 Å². The minimum atomic E-state index is -4.62. The Bertz CT molecular complexity index is 418. The summed E-state index contributed by atoms with van der Waals surface area (Å²) in [4.78, 5) is 3.16. The van der Waals surface area contributed by atoms with Gasteiger partial charge in [0, 0.05) is 6.20 Å². The number of hydrogen-bond acceptors (Lipinski definition) is 4. The summed E-state index contributed by atoms with van der Waals surface area (Å²) >= 11 is 0. The molecule has 0 aliphatic heterocycles. The number of H-pyrrole nitrogens is 1. The molecule has 0 aromatic carbocycles. The van der Waals surface area contributed by atoms with E-state index < -0.39 is 12.1 Å². The van der Waals surface area contributed by atoms with Crippen molar-refractivity contribution in [3.63, 3.8) is 0 Å². The minimum Gasteiger partial charge on any atom is -0.329 e. The van der Waals surface area contributed by atoms with Gasteiger partial charge in [-0.05, 0) is 0 Å². The Hall–Kier alpha value is -1.86. The molecule has 0 radical (unpaired) electrons. The molecule has 0 unspecified atom stereocenters. The third-order valence-electron chi connectivity index (χ3n) is 1.42. The number of alkyl halides is 3. The van der Waals surface area contributed by atoms with Crippen molar-refractivity contribution in [1.82, 2.24) is 20.3 Å². The molecule has 0 amide bonds. The largest absolute Gasteiger partial charge is 0.471 e. The predicted octanol–water partition coefficient (Wildman–Crippen LogP) is 1.48. The molecule has 14 heavy (non-hydrogen) atoms. The monoisotopic (exact) mass is 204 g/mol. The van der Waals surface area contributed by atoms with Gasteiger partial charge in [0.05, 0.1) is 11.8 Å². The molecule has 2 aromatic rings. The van der Waals surface area contributed by atoms with Crippen LogP contribution in [-0.4, -0.2) is 20.3 Å². The highest BCUT2D eigenvalue weighted by Gasteiger charge is 2.38. The molecule has 5 nitrogen and oxygen atoms in total. The van der Waals surface area contributed by atoms with Crippen molar-refractivity contribution in [2.75, 3.05) is 0 Å². The number of halogens is 3. The van der Waals surface area contributed by atoms with E-state index in [0.29, 0.717) is 5.56 Å². The molecule has 0 saturated carbocycles. The summed E-state index contributed by atoms with van der Waals surface area (Å²) in [5.41, 5.74) is 0.337. The maximum Gasteiger partial charge on any atom is 0.471 e. The van der Waals surface area contributed by atoms with Crippen LogP contribution in [0, 0.1) is 0 Å². The smallest absolute Gasteiger partial charge is 0.329 e. The van der Waals surface area contributed by atoms with Crippen LogP contribution < -0.4 is 0 Å². The number of nitrogens with zero attached hydrogens (tertiary/aromatic N) is 3. The Morgan fingerprint density at radius 1 is 1.36 bits per heavy atom. The molecular weight excluding hydrogens is 201 g/mol. The van der Waals surface area contributed by atoms with Gasteiger partial charge in [-0.2, -0.15) is 23.3 Å². The maximum absolute atomic E-state index is 12.0. The number of aromatic amines is 1. The standard InChI is InChI=1S/C6H3F3N4O/c7-6(8,9)5-12-4(13-14-5)3-1-10-11-2-3/h1-2H,(H,10,11). The Kier molecular flexibility index (Phi) is 1.76. The SMILES string of the molecule is FC(F)(F)c1nc(-c2cn[nH]c2)no1. The average Bonchev–Trinajstić information content (AvgIpc) is 2.73. The van der Waals surface area contributed by atoms with Gasteiger partial charge < -0.3 is 4.52 Å². The molecule has 0 aliphatic rings. The van der Waals surface area contributed by atoms with Crippen molar-refractivity contribution < 1.29 is 17.7 Å². The number of aromatic nitrogens is 4. The van der Waals surface area contributed by atoms with Crippen molar-refractivity contribution in [2.45, 2.75) is 6.18 Å². The summed E-state index contributed by atoms with van der Waals surface area (Å²) in [6.45, 7) is 0. The quantitative estimate of drug-likeness (QED) is 0.763. The first-order chi connectivity index (χ1) is 6.57. The van der Waals surface area contributed by atoms with Gasteiger partial charge in [0.15, 0.2) is 0 Å². The Labute approximate surface area is 74.9 Å². The highest BCUT2D eigenvalue weighted by Crippen LogP contribution is 2.28. The molecule has 0 atom stereocenters. The van der Waals surface area contributed by atoms with Gasteiger partial charge in [0.25, 0.3) is 0 Å². The molecule has 8 heteroatoms. The first-order valence-corrected chi connectivity index (χ1v) is 3.47. The van der Waals surface area contributed by atoms with E-state index in [9.17, 15) is 13.2 Å². The second kappa shape index (κ2) is 2.82. The van der Waals surface area contributed by atoms with Gasteiger partial charge in [-0.3, -0.25) is 5.10 Å². The summed E-state index contributed by atoms with van der Waals surface area (Å²) < 4.78 is 40.1. The lowest BCUT2D eigenvalue weighted by Crippen LogP contribution is -2.04. The van der Waals surface area contributed by atoms with E-state index in [1.54, 1.807) is 0 Å². The first-order valence-electron chi connectivity index (χ1n) is 3.47. The van der Waals surface area contributed by atoms with Crippen LogP contribution in [0.5, 0.6) is 0 Å². The molecule has 74 valence electrons. The van der Waals surface area contributed by atoms with Gasteiger partial charge in [-0.1, -0.05) is 5.16 Å². The topological polar surface area (TPSA) is 67.6 Å². The van der Waals surface area contributed by atoms with Crippen LogP contribution in [0.4, 0.5) is 13.2 Å². The molecule has 0 fully saturated rings. The highest BCUT2D eigenvalue weighted by atomic mass is 19.4.